The molecule has 0 saturated heterocycles. The van der Waals surface area contributed by atoms with E-state index in [2.05, 4.69) is 4.98 Å². The molecule has 1 atom stereocenters. The van der Waals surface area contributed by atoms with Crippen molar-refractivity contribution < 1.29 is 9.26 Å². The molecule has 0 aliphatic rings. The first kappa shape index (κ1) is 20.0. The van der Waals surface area contributed by atoms with Crippen LogP contribution in [0.2, 0.25) is 10.3 Å². The van der Waals surface area contributed by atoms with Gasteiger partial charge in [0.25, 0.3) is 5.56 Å². The van der Waals surface area contributed by atoms with Gasteiger partial charge in [-0.3, -0.25) is 9.36 Å². The fourth-order valence-electron chi connectivity index (χ4n) is 2.69. The lowest BCUT2D eigenvalue weighted by atomic mass is 10.3. The van der Waals surface area contributed by atoms with Crippen molar-refractivity contribution in [3.8, 4) is 5.69 Å². The van der Waals surface area contributed by atoms with E-state index >= 15 is 0 Å². The lowest BCUT2D eigenvalue weighted by Crippen LogP contribution is -2.45. The van der Waals surface area contributed by atoms with E-state index in [1.807, 2.05) is 0 Å². The summed E-state index contributed by atoms with van der Waals surface area (Å²) in [5.41, 5.74) is -1.40. The van der Waals surface area contributed by atoms with Crippen molar-refractivity contribution in [2.24, 2.45) is 0 Å². The van der Waals surface area contributed by atoms with Gasteiger partial charge in [0, 0.05) is 24.9 Å². The van der Waals surface area contributed by atoms with E-state index in [1.165, 1.54) is 23.4 Å². The summed E-state index contributed by atoms with van der Waals surface area (Å²) in [6, 6.07) is 6.75. The highest BCUT2D eigenvalue weighted by molar-refractivity contribution is 7.30. The van der Waals surface area contributed by atoms with Gasteiger partial charge in [0.05, 0.1) is 0 Å². The number of fused-ring (bicyclic) bond motifs is 1. The number of rotatable bonds is 5. The molecule has 0 fully saturated rings. The maximum absolute atomic E-state index is 13.1. The maximum Gasteiger partial charge on any atom is 0.340 e. The summed E-state index contributed by atoms with van der Waals surface area (Å²) >= 11 is 12.3. The summed E-state index contributed by atoms with van der Waals surface area (Å²) in [4.78, 5) is 30.3. The topological polar surface area (TPSA) is 80.3 Å². The Morgan fingerprint density at radius 2 is 1.74 bits per heavy atom. The normalized spacial score (nSPS) is 12.5. The first-order valence-electron chi connectivity index (χ1n) is 7.79. The number of benzene rings is 1. The predicted molar refractivity (Wildman–Crippen MR) is 107 cm³/mol. The van der Waals surface area contributed by atoms with Crippen LogP contribution in [0.5, 0.6) is 0 Å². The molecule has 3 aromatic rings. The SMILES string of the molecule is COPn1c(=O)c2c(nc(Cl)n2-c2ccc(Cl)cc2)n(C(C)(C)OC)c1=O. The molecule has 2 heterocycles. The van der Waals surface area contributed by atoms with Gasteiger partial charge in [-0.2, -0.15) is 4.98 Å². The van der Waals surface area contributed by atoms with Crippen molar-refractivity contribution >= 4 is 43.3 Å². The van der Waals surface area contributed by atoms with E-state index in [9.17, 15) is 9.59 Å². The number of methoxy groups -OCH3 is 1. The minimum absolute atomic E-state index is 0.0305. The van der Waals surface area contributed by atoms with Crippen molar-refractivity contribution in [3.05, 3.63) is 55.4 Å². The largest absolute Gasteiger partial charge is 0.359 e. The number of imidazole rings is 1. The minimum Gasteiger partial charge on any atom is -0.359 e. The number of halogens is 2. The summed E-state index contributed by atoms with van der Waals surface area (Å²) in [7, 11) is 2.37. The minimum atomic E-state index is -1.08. The van der Waals surface area contributed by atoms with Crippen molar-refractivity contribution in [2.75, 3.05) is 14.2 Å². The van der Waals surface area contributed by atoms with Gasteiger partial charge in [0.15, 0.2) is 11.2 Å². The molecule has 0 amide bonds. The van der Waals surface area contributed by atoms with Crippen LogP contribution in [0.1, 0.15) is 13.8 Å². The highest BCUT2D eigenvalue weighted by atomic mass is 35.5. The molecule has 8 nitrogen and oxygen atoms in total. The van der Waals surface area contributed by atoms with E-state index in [-0.39, 0.29) is 16.4 Å². The Morgan fingerprint density at radius 1 is 1.11 bits per heavy atom. The Balaban J connectivity index is 2.51. The zero-order valence-electron chi connectivity index (χ0n) is 15.0. The van der Waals surface area contributed by atoms with Crippen LogP contribution in [-0.4, -0.2) is 32.7 Å². The maximum atomic E-state index is 13.1. The van der Waals surface area contributed by atoms with E-state index in [4.69, 9.17) is 32.5 Å². The molecule has 11 heteroatoms. The summed E-state index contributed by atoms with van der Waals surface area (Å²) in [6.07, 6.45) is 0. The highest BCUT2D eigenvalue weighted by Gasteiger charge is 2.30. The summed E-state index contributed by atoms with van der Waals surface area (Å²) in [5, 5.41) is 0.568. The Labute approximate surface area is 166 Å². The third-order valence-corrected chi connectivity index (χ3v) is 5.39. The van der Waals surface area contributed by atoms with Crippen LogP contribution in [0.3, 0.4) is 0 Å². The Kier molecular flexibility index (Phi) is 5.47. The number of nitrogens with zero attached hydrogens (tertiary/aromatic N) is 4. The van der Waals surface area contributed by atoms with Crippen LogP contribution in [0, 0.1) is 0 Å². The van der Waals surface area contributed by atoms with Gasteiger partial charge in [-0.05, 0) is 49.7 Å². The van der Waals surface area contributed by atoms with Crippen LogP contribution < -0.4 is 11.2 Å². The summed E-state index contributed by atoms with van der Waals surface area (Å²) < 4.78 is 14.3. The van der Waals surface area contributed by atoms with Gasteiger partial charge in [-0.1, -0.05) is 11.6 Å². The highest BCUT2D eigenvalue weighted by Crippen LogP contribution is 2.27. The molecule has 0 N–H and O–H groups in total. The third-order valence-electron chi connectivity index (χ3n) is 4.12. The van der Waals surface area contributed by atoms with E-state index in [1.54, 1.807) is 38.1 Å². The van der Waals surface area contributed by atoms with Crippen LogP contribution in [0.15, 0.2) is 33.9 Å². The number of hydrogen-bond donors (Lipinski definition) is 0. The average molecular weight is 431 g/mol. The zero-order chi connectivity index (χ0) is 19.9. The molecule has 1 aromatic carbocycles. The molecule has 0 radical (unpaired) electrons. The van der Waals surface area contributed by atoms with Gasteiger partial charge in [0.1, 0.15) is 14.7 Å². The second-order valence-electron chi connectivity index (χ2n) is 6.07. The van der Waals surface area contributed by atoms with E-state index in [0.29, 0.717) is 10.7 Å². The molecule has 2 aromatic heterocycles. The van der Waals surface area contributed by atoms with Gasteiger partial charge < -0.3 is 9.26 Å². The molecular weight excluding hydrogens is 414 g/mol. The quantitative estimate of drug-likeness (QED) is 0.459. The summed E-state index contributed by atoms with van der Waals surface area (Å²) in [5.74, 6) is 0. The Bertz CT molecular complexity index is 1120. The van der Waals surface area contributed by atoms with Gasteiger partial charge >= 0.3 is 5.69 Å². The molecule has 0 bridgehead atoms. The molecule has 27 heavy (non-hydrogen) atoms. The molecule has 1 unspecified atom stereocenters. The Morgan fingerprint density at radius 3 is 2.30 bits per heavy atom. The zero-order valence-corrected chi connectivity index (χ0v) is 17.5. The molecule has 0 saturated carbocycles. The van der Waals surface area contributed by atoms with Crippen LogP contribution in [0.25, 0.3) is 16.9 Å². The Hall–Kier alpha value is -1.70. The molecule has 144 valence electrons. The first-order valence-corrected chi connectivity index (χ1v) is 9.40. The molecule has 0 spiro atoms. The lowest BCUT2D eigenvalue weighted by molar-refractivity contribution is -0.0457. The van der Waals surface area contributed by atoms with Crippen LogP contribution in [-0.2, 0) is 15.0 Å². The van der Waals surface area contributed by atoms with Crippen molar-refractivity contribution in [3.63, 3.8) is 0 Å². The van der Waals surface area contributed by atoms with Crippen molar-refractivity contribution in [1.82, 2.24) is 18.5 Å². The molecule has 0 aliphatic carbocycles. The van der Waals surface area contributed by atoms with E-state index in [0.717, 1.165) is 4.34 Å². The lowest BCUT2D eigenvalue weighted by Gasteiger charge is -2.26. The van der Waals surface area contributed by atoms with E-state index < -0.39 is 25.9 Å². The number of aromatic nitrogens is 4. The molecule has 0 aliphatic heterocycles. The van der Waals surface area contributed by atoms with Crippen molar-refractivity contribution in [1.29, 1.82) is 0 Å². The standard InChI is InChI=1S/C16H17Cl2N4O4P/c1-16(2,25-3)21-12-11(13(23)22(15(21)24)27-26-4)20(14(18)19-12)10-7-5-9(17)6-8-10/h5-8,27H,1-4H3. The second-order valence-corrected chi connectivity index (χ2v) is 7.88. The van der Waals surface area contributed by atoms with Gasteiger partial charge in [0.2, 0.25) is 5.28 Å². The first-order chi connectivity index (χ1) is 12.7. The summed E-state index contributed by atoms with van der Waals surface area (Å²) in [6.45, 7) is 3.38. The number of ether oxygens (including phenoxy) is 1. The van der Waals surface area contributed by atoms with Gasteiger partial charge in [-0.25, -0.2) is 13.7 Å². The van der Waals surface area contributed by atoms with Crippen molar-refractivity contribution in [2.45, 2.75) is 19.6 Å². The monoisotopic (exact) mass is 430 g/mol. The van der Waals surface area contributed by atoms with Gasteiger partial charge in [-0.15, -0.1) is 0 Å². The predicted octanol–water partition coefficient (Wildman–Crippen LogP) is 3.00. The molecule has 3 rings (SSSR count). The fraction of sp³-hybridized carbons (Fsp3) is 0.312. The fourth-order valence-corrected chi connectivity index (χ4v) is 3.63. The average Bonchev–Trinajstić information content (AvgIpc) is 2.96. The smallest absolute Gasteiger partial charge is 0.340 e. The van der Waals surface area contributed by atoms with Crippen LogP contribution in [0.4, 0.5) is 0 Å². The molecular formula is C16H17Cl2N4O4P. The second kappa shape index (κ2) is 7.37. The van der Waals surface area contributed by atoms with Crippen LogP contribution >= 0.6 is 32.2 Å². The third kappa shape index (κ3) is 3.32. The number of hydrogen-bond acceptors (Lipinski definition) is 5.